The van der Waals surface area contributed by atoms with Gasteiger partial charge in [0.25, 0.3) is 0 Å². The Hall–Kier alpha value is -0.260. The minimum Gasteiger partial charge on any atom is -0.103 e. The van der Waals surface area contributed by atoms with Crippen LogP contribution in [-0.2, 0) is 0 Å². The van der Waals surface area contributed by atoms with Crippen molar-refractivity contribution in [2.75, 3.05) is 0 Å². The van der Waals surface area contributed by atoms with E-state index in [9.17, 15) is 0 Å². The quantitative estimate of drug-likeness (QED) is 0.299. The maximum Gasteiger partial charge on any atom is -0.0353 e. The Morgan fingerprint density at radius 2 is 1.56 bits per heavy atom. The lowest BCUT2D eigenvalue weighted by molar-refractivity contribution is 0.318. The highest BCUT2D eigenvalue weighted by molar-refractivity contribution is 4.69. The zero-order chi connectivity index (χ0) is 12.2. The normalized spacial score (nSPS) is 13.0. The minimum atomic E-state index is 0.857. The highest BCUT2D eigenvalue weighted by Crippen LogP contribution is 2.24. The van der Waals surface area contributed by atoms with Crippen molar-refractivity contribution in [2.45, 2.75) is 78.6 Å². The summed E-state index contributed by atoms with van der Waals surface area (Å²) in [7, 11) is 0. The first kappa shape index (κ1) is 15.7. The highest BCUT2D eigenvalue weighted by atomic mass is 14.2. The molecule has 0 heterocycles. The first-order chi connectivity index (χ1) is 7.72. The van der Waals surface area contributed by atoms with Crippen LogP contribution >= 0.6 is 0 Å². The predicted molar refractivity (Wildman–Crippen MR) is 75.8 cm³/mol. The Morgan fingerprint density at radius 3 is 2.12 bits per heavy atom. The maximum absolute atomic E-state index is 3.80. The maximum atomic E-state index is 3.80. The molecule has 1 unspecified atom stereocenters. The zero-order valence-corrected chi connectivity index (χ0v) is 11.8. The molecule has 0 aliphatic carbocycles. The molecule has 0 fully saturated rings. The molecule has 0 aliphatic rings. The van der Waals surface area contributed by atoms with Gasteiger partial charge in [-0.05, 0) is 31.1 Å². The summed E-state index contributed by atoms with van der Waals surface area (Å²) in [4.78, 5) is 0. The van der Waals surface area contributed by atoms with Gasteiger partial charge in [0.15, 0.2) is 0 Å². The second-order valence-electron chi connectivity index (χ2n) is 5.43. The van der Waals surface area contributed by atoms with Crippen molar-refractivity contribution in [2.24, 2.45) is 11.8 Å². The van der Waals surface area contributed by atoms with Gasteiger partial charge in [-0.25, -0.2) is 0 Å². The molecule has 0 aliphatic heterocycles. The van der Waals surface area contributed by atoms with Crippen LogP contribution in [0.3, 0.4) is 0 Å². The molecule has 0 saturated heterocycles. The lowest BCUT2D eigenvalue weighted by Gasteiger charge is -2.20. The van der Waals surface area contributed by atoms with Crippen LogP contribution in [0.25, 0.3) is 0 Å². The van der Waals surface area contributed by atoms with Crippen LogP contribution < -0.4 is 0 Å². The fourth-order valence-corrected chi connectivity index (χ4v) is 2.35. The molecule has 0 aromatic heterocycles. The third-order valence-electron chi connectivity index (χ3n) is 3.60. The molecule has 0 saturated carbocycles. The van der Waals surface area contributed by atoms with Crippen LogP contribution in [0.1, 0.15) is 78.6 Å². The van der Waals surface area contributed by atoms with Crippen LogP contribution in [0.5, 0.6) is 0 Å². The van der Waals surface area contributed by atoms with E-state index in [0.29, 0.717) is 0 Å². The molecule has 0 N–H and O–H groups in total. The summed E-state index contributed by atoms with van der Waals surface area (Å²) in [5, 5.41) is 0. The average Bonchev–Trinajstić information content (AvgIpc) is 2.26. The molecule has 0 heteroatoms. The predicted octanol–water partition coefficient (Wildman–Crippen LogP) is 5.98. The molecule has 16 heavy (non-hydrogen) atoms. The van der Waals surface area contributed by atoms with Gasteiger partial charge >= 0.3 is 0 Å². The summed E-state index contributed by atoms with van der Waals surface area (Å²) in [5.74, 6) is 1.80. The monoisotopic (exact) mass is 224 g/mol. The fourth-order valence-electron chi connectivity index (χ4n) is 2.35. The Morgan fingerprint density at radius 1 is 0.938 bits per heavy atom. The Bertz CT molecular complexity index is 146. The van der Waals surface area contributed by atoms with Crippen molar-refractivity contribution in [3.05, 3.63) is 12.7 Å². The SMILES string of the molecule is C=CCCCC(CCCCCCC)C(C)C. The molecule has 1 atom stereocenters. The van der Waals surface area contributed by atoms with E-state index in [0.717, 1.165) is 11.8 Å². The van der Waals surface area contributed by atoms with Crippen molar-refractivity contribution in [1.29, 1.82) is 0 Å². The first-order valence-corrected chi connectivity index (χ1v) is 7.33. The van der Waals surface area contributed by atoms with Crippen molar-refractivity contribution < 1.29 is 0 Å². The first-order valence-electron chi connectivity index (χ1n) is 7.33. The molecule has 0 aromatic carbocycles. The van der Waals surface area contributed by atoms with E-state index >= 15 is 0 Å². The molecule has 0 amide bonds. The van der Waals surface area contributed by atoms with Crippen molar-refractivity contribution in [3.63, 3.8) is 0 Å². The van der Waals surface area contributed by atoms with E-state index in [-0.39, 0.29) is 0 Å². The third-order valence-corrected chi connectivity index (χ3v) is 3.60. The van der Waals surface area contributed by atoms with Crippen LogP contribution in [0, 0.1) is 11.8 Å². The summed E-state index contributed by atoms with van der Waals surface area (Å²) in [6.45, 7) is 10.8. The fraction of sp³-hybridized carbons (Fsp3) is 0.875. The van der Waals surface area contributed by atoms with Gasteiger partial charge in [-0.2, -0.15) is 0 Å². The third kappa shape index (κ3) is 9.00. The molecule has 0 nitrogen and oxygen atoms in total. The Kier molecular flexibility index (Phi) is 11.0. The van der Waals surface area contributed by atoms with E-state index in [4.69, 9.17) is 0 Å². The molecule has 0 radical (unpaired) electrons. The Labute approximate surface area is 104 Å². The van der Waals surface area contributed by atoms with E-state index in [1.165, 1.54) is 57.8 Å². The summed E-state index contributed by atoms with van der Waals surface area (Å²) in [5.41, 5.74) is 0. The summed E-state index contributed by atoms with van der Waals surface area (Å²) >= 11 is 0. The second-order valence-corrected chi connectivity index (χ2v) is 5.43. The topological polar surface area (TPSA) is 0 Å². The molecular formula is C16H32. The lowest BCUT2D eigenvalue weighted by atomic mass is 9.86. The van der Waals surface area contributed by atoms with Crippen molar-refractivity contribution in [3.8, 4) is 0 Å². The average molecular weight is 224 g/mol. The van der Waals surface area contributed by atoms with E-state index in [1.807, 2.05) is 0 Å². The van der Waals surface area contributed by atoms with Crippen LogP contribution in [0.2, 0.25) is 0 Å². The van der Waals surface area contributed by atoms with Crippen LogP contribution in [0.4, 0.5) is 0 Å². The van der Waals surface area contributed by atoms with Crippen LogP contribution in [-0.4, -0.2) is 0 Å². The Balaban J connectivity index is 3.55. The zero-order valence-electron chi connectivity index (χ0n) is 11.8. The van der Waals surface area contributed by atoms with Crippen molar-refractivity contribution in [1.82, 2.24) is 0 Å². The van der Waals surface area contributed by atoms with Gasteiger partial charge in [0.05, 0.1) is 0 Å². The number of hydrogen-bond donors (Lipinski definition) is 0. The largest absolute Gasteiger partial charge is 0.103 e. The molecule has 0 rings (SSSR count). The molecule has 96 valence electrons. The second kappa shape index (κ2) is 11.2. The standard InChI is InChI=1S/C16H32/c1-5-7-9-10-12-14-16(15(3)4)13-11-8-6-2/h6,15-16H,2,5,7-14H2,1,3-4H3. The van der Waals surface area contributed by atoms with Crippen LogP contribution in [0.15, 0.2) is 12.7 Å². The number of hydrogen-bond acceptors (Lipinski definition) is 0. The van der Waals surface area contributed by atoms with Gasteiger partial charge in [-0.3, -0.25) is 0 Å². The van der Waals surface area contributed by atoms with Gasteiger partial charge in [-0.15, -0.1) is 6.58 Å². The molecule has 0 spiro atoms. The molecule has 0 aromatic rings. The highest BCUT2D eigenvalue weighted by Gasteiger charge is 2.11. The van der Waals surface area contributed by atoms with E-state index in [1.54, 1.807) is 0 Å². The number of unbranched alkanes of at least 4 members (excludes halogenated alkanes) is 5. The van der Waals surface area contributed by atoms with E-state index in [2.05, 4.69) is 33.4 Å². The van der Waals surface area contributed by atoms with Gasteiger partial charge in [0.2, 0.25) is 0 Å². The van der Waals surface area contributed by atoms with Crippen molar-refractivity contribution >= 4 is 0 Å². The van der Waals surface area contributed by atoms with E-state index < -0.39 is 0 Å². The summed E-state index contributed by atoms with van der Waals surface area (Å²) < 4.78 is 0. The lowest BCUT2D eigenvalue weighted by Crippen LogP contribution is -2.08. The summed E-state index contributed by atoms with van der Waals surface area (Å²) in [6, 6.07) is 0. The molecule has 0 bridgehead atoms. The smallest absolute Gasteiger partial charge is 0.0353 e. The summed E-state index contributed by atoms with van der Waals surface area (Å²) in [6.07, 6.45) is 14.5. The van der Waals surface area contributed by atoms with Gasteiger partial charge in [0.1, 0.15) is 0 Å². The van der Waals surface area contributed by atoms with Gasteiger partial charge in [-0.1, -0.05) is 65.4 Å². The van der Waals surface area contributed by atoms with Gasteiger partial charge < -0.3 is 0 Å². The minimum absolute atomic E-state index is 0.857. The van der Waals surface area contributed by atoms with Gasteiger partial charge in [0, 0.05) is 0 Å². The molecular weight excluding hydrogens is 192 g/mol. The number of rotatable bonds is 11. The number of allylic oxidation sites excluding steroid dienone is 1.